The van der Waals surface area contributed by atoms with Crippen LogP contribution in [0.1, 0.15) is 5.56 Å². The van der Waals surface area contributed by atoms with Gasteiger partial charge in [0.05, 0.1) is 5.56 Å². The third kappa shape index (κ3) is 2.29. The predicted molar refractivity (Wildman–Crippen MR) is 83.2 cm³/mol. The van der Waals surface area contributed by atoms with Crippen LogP contribution in [0.2, 0.25) is 0 Å². The number of hydrogen-bond donors (Lipinski definition) is 1. The monoisotopic (exact) mass is 281 g/mol. The molecule has 1 aromatic heterocycles. The molecule has 0 unspecified atom stereocenters. The first-order chi connectivity index (χ1) is 10.1. The summed E-state index contributed by atoms with van der Waals surface area (Å²) >= 11 is 0. The summed E-state index contributed by atoms with van der Waals surface area (Å²) in [5, 5.41) is 4.52. The second-order valence-corrected chi connectivity index (χ2v) is 5.06. The molecule has 0 fully saturated rings. The van der Waals surface area contributed by atoms with Crippen molar-refractivity contribution in [3.8, 4) is 22.4 Å². The number of halogens is 1. The summed E-state index contributed by atoms with van der Waals surface area (Å²) in [7, 11) is 1.81. The minimum atomic E-state index is -0.249. The fourth-order valence-electron chi connectivity index (χ4n) is 2.51. The van der Waals surface area contributed by atoms with Gasteiger partial charge in [-0.1, -0.05) is 30.3 Å². The molecule has 21 heavy (non-hydrogen) atoms. The first kappa shape index (κ1) is 13.4. The van der Waals surface area contributed by atoms with Gasteiger partial charge in [-0.05, 0) is 36.2 Å². The van der Waals surface area contributed by atoms with Gasteiger partial charge in [0.2, 0.25) is 0 Å². The van der Waals surface area contributed by atoms with Crippen molar-refractivity contribution in [2.75, 3.05) is 5.73 Å². The van der Waals surface area contributed by atoms with Gasteiger partial charge in [-0.15, -0.1) is 0 Å². The molecule has 0 saturated carbocycles. The quantitative estimate of drug-likeness (QED) is 0.776. The summed E-state index contributed by atoms with van der Waals surface area (Å²) in [5.74, 6) is 0.348. The van der Waals surface area contributed by atoms with Crippen LogP contribution in [0.4, 0.5) is 10.2 Å². The molecule has 0 saturated heterocycles. The van der Waals surface area contributed by atoms with Crippen molar-refractivity contribution in [2.24, 2.45) is 7.05 Å². The van der Waals surface area contributed by atoms with Crippen LogP contribution in [0.3, 0.4) is 0 Å². The zero-order valence-electron chi connectivity index (χ0n) is 12.0. The lowest BCUT2D eigenvalue weighted by atomic mass is 9.98. The lowest BCUT2D eigenvalue weighted by molar-refractivity contribution is 0.627. The number of nitrogens with zero attached hydrogens (tertiary/aromatic N) is 2. The summed E-state index contributed by atoms with van der Waals surface area (Å²) in [6.45, 7) is 1.87. The van der Waals surface area contributed by atoms with Gasteiger partial charge in [-0.2, -0.15) is 5.10 Å². The molecule has 3 aromatic rings. The maximum atomic E-state index is 13.3. The molecule has 106 valence electrons. The average molecular weight is 281 g/mol. The zero-order valence-corrected chi connectivity index (χ0v) is 12.0. The second kappa shape index (κ2) is 5.05. The number of hydrogen-bond acceptors (Lipinski definition) is 2. The fourth-order valence-corrected chi connectivity index (χ4v) is 2.51. The van der Waals surface area contributed by atoms with Crippen LogP contribution in [-0.4, -0.2) is 9.78 Å². The molecule has 0 bridgehead atoms. The molecule has 3 rings (SSSR count). The summed E-state index contributed by atoms with van der Waals surface area (Å²) in [6.07, 6.45) is 0. The third-order valence-corrected chi connectivity index (χ3v) is 3.60. The highest BCUT2D eigenvalue weighted by Gasteiger charge is 2.18. The minimum Gasteiger partial charge on any atom is -0.383 e. The van der Waals surface area contributed by atoms with Crippen LogP contribution in [-0.2, 0) is 7.05 Å². The molecular weight excluding hydrogens is 265 g/mol. The Hall–Kier alpha value is -2.62. The van der Waals surface area contributed by atoms with E-state index in [1.54, 1.807) is 10.7 Å². The van der Waals surface area contributed by atoms with Gasteiger partial charge < -0.3 is 5.73 Å². The van der Waals surface area contributed by atoms with Gasteiger partial charge in [-0.25, -0.2) is 4.39 Å². The highest BCUT2D eigenvalue weighted by Crippen LogP contribution is 2.37. The first-order valence-electron chi connectivity index (χ1n) is 6.72. The molecule has 0 atom stereocenters. The van der Waals surface area contributed by atoms with Crippen molar-refractivity contribution in [2.45, 2.75) is 6.92 Å². The fraction of sp³-hybridized carbons (Fsp3) is 0.118. The number of nitrogens with two attached hydrogens (primary N) is 1. The van der Waals surface area contributed by atoms with Crippen LogP contribution < -0.4 is 5.73 Å². The van der Waals surface area contributed by atoms with Gasteiger partial charge in [0, 0.05) is 12.6 Å². The first-order valence-corrected chi connectivity index (χ1v) is 6.72. The van der Waals surface area contributed by atoms with E-state index < -0.39 is 0 Å². The lowest BCUT2D eigenvalue weighted by Crippen LogP contribution is -1.97. The highest BCUT2D eigenvalue weighted by molar-refractivity contribution is 5.88. The summed E-state index contributed by atoms with van der Waals surface area (Å²) in [5.41, 5.74) is 10.6. The van der Waals surface area contributed by atoms with Crippen LogP contribution in [0, 0.1) is 12.7 Å². The summed E-state index contributed by atoms with van der Waals surface area (Å²) in [4.78, 5) is 0. The standard InChI is InChI=1S/C17H16FN3/c1-11-10-13(18)8-9-14(11)16-15(17(19)21(2)20-16)12-6-4-3-5-7-12/h3-10H,19H2,1-2H3. The van der Waals surface area contributed by atoms with Crippen molar-refractivity contribution in [1.82, 2.24) is 9.78 Å². The molecule has 0 radical (unpaired) electrons. The Morgan fingerprint density at radius 3 is 2.48 bits per heavy atom. The molecule has 0 aliphatic carbocycles. The Labute approximate surface area is 122 Å². The highest BCUT2D eigenvalue weighted by atomic mass is 19.1. The van der Waals surface area contributed by atoms with Gasteiger partial charge in [0.1, 0.15) is 17.3 Å². The van der Waals surface area contributed by atoms with E-state index in [9.17, 15) is 4.39 Å². The molecule has 0 spiro atoms. The Balaban J connectivity index is 2.27. The maximum Gasteiger partial charge on any atom is 0.129 e. The Morgan fingerprint density at radius 1 is 1.10 bits per heavy atom. The molecule has 0 aliphatic heterocycles. The SMILES string of the molecule is Cc1cc(F)ccc1-c1nn(C)c(N)c1-c1ccccc1. The van der Waals surface area contributed by atoms with E-state index in [0.29, 0.717) is 5.82 Å². The molecule has 0 aliphatic rings. The van der Waals surface area contributed by atoms with Crippen LogP contribution in [0.15, 0.2) is 48.5 Å². The molecule has 1 heterocycles. The van der Waals surface area contributed by atoms with E-state index in [-0.39, 0.29) is 5.82 Å². The minimum absolute atomic E-state index is 0.249. The molecule has 0 amide bonds. The van der Waals surface area contributed by atoms with Crippen LogP contribution in [0.5, 0.6) is 0 Å². The van der Waals surface area contributed by atoms with Crippen molar-refractivity contribution >= 4 is 5.82 Å². The molecule has 3 nitrogen and oxygen atoms in total. The molecular formula is C17H16FN3. The van der Waals surface area contributed by atoms with E-state index in [0.717, 1.165) is 27.9 Å². The maximum absolute atomic E-state index is 13.3. The number of nitrogen functional groups attached to an aromatic ring is 1. The Bertz CT molecular complexity index is 791. The van der Waals surface area contributed by atoms with Crippen molar-refractivity contribution in [3.63, 3.8) is 0 Å². The number of rotatable bonds is 2. The summed E-state index contributed by atoms with van der Waals surface area (Å²) in [6, 6.07) is 14.6. The van der Waals surface area contributed by atoms with E-state index in [2.05, 4.69) is 5.10 Å². The van der Waals surface area contributed by atoms with Crippen LogP contribution >= 0.6 is 0 Å². The van der Waals surface area contributed by atoms with Gasteiger partial charge >= 0.3 is 0 Å². The smallest absolute Gasteiger partial charge is 0.129 e. The largest absolute Gasteiger partial charge is 0.383 e. The topological polar surface area (TPSA) is 43.8 Å². The van der Waals surface area contributed by atoms with E-state index >= 15 is 0 Å². The number of anilines is 1. The number of aryl methyl sites for hydroxylation is 2. The summed E-state index contributed by atoms with van der Waals surface area (Å²) < 4.78 is 15.0. The van der Waals surface area contributed by atoms with E-state index in [1.807, 2.05) is 44.3 Å². The zero-order chi connectivity index (χ0) is 15.0. The third-order valence-electron chi connectivity index (χ3n) is 3.60. The van der Waals surface area contributed by atoms with E-state index in [4.69, 9.17) is 5.73 Å². The molecule has 2 aromatic carbocycles. The second-order valence-electron chi connectivity index (χ2n) is 5.06. The molecule has 2 N–H and O–H groups in total. The van der Waals surface area contributed by atoms with Gasteiger partial charge in [0.25, 0.3) is 0 Å². The van der Waals surface area contributed by atoms with Crippen molar-refractivity contribution in [1.29, 1.82) is 0 Å². The van der Waals surface area contributed by atoms with Crippen molar-refractivity contribution in [3.05, 3.63) is 59.9 Å². The van der Waals surface area contributed by atoms with Gasteiger partial charge in [-0.3, -0.25) is 4.68 Å². The molecule has 4 heteroatoms. The Morgan fingerprint density at radius 2 is 1.81 bits per heavy atom. The van der Waals surface area contributed by atoms with Gasteiger partial charge in [0.15, 0.2) is 0 Å². The lowest BCUT2D eigenvalue weighted by Gasteiger charge is -2.07. The normalized spacial score (nSPS) is 10.8. The Kier molecular flexibility index (Phi) is 3.22. The number of benzene rings is 2. The number of aromatic nitrogens is 2. The van der Waals surface area contributed by atoms with E-state index in [1.165, 1.54) is 12.1 Å². The van der Waals surface area contributed by atoms with Crippen molar-refractivity contribution < 1.29 is 4.39 Å². The predicted octanol–water partition coefficient (Wildman–Crippen LogP) is 3.78. The average Bonchev–Trinajstić information content (AvgIpc) is 2.75. The van der Waals surface area contributed by atoms with Crippen LogP contribution in [0.25, 0.3) is 22.4 Å².